The van der Waals surface area contributed by atoms with E-state index in [4.69, 9.17) is 28.9 Å². The molecule has 328 valence electrons. The number of aromatic nitrogens is 2. The van der Waals surface area contributed by atoms with Crippen molar-refractivity contribution in [1.82, 2.24) is 19.8 Å². The number of hydrogen-bond acceptors (Lipinski definition) is 10. The quantitative estimate of drug-likeness (QED) is 0.118. The number of piperidine rings is 6. The average molecular weight is 857 g/mol. The number of nitrogens with zero attached hydrogens (tertiary/aromatic N) is 4. The second-order valence-electron chi connectivity index (χ2n) is 18.7. The number of ether oxygens (including phenoxy) is 4. The fourth-order valence-corrected chi connectivity index (χ4v) is 12.3. The smallest absolute Gasteiger partial charge is 0.198 e. The highest BCUT2D eigenvalue weighted by Crippen LogP contribution is 2.49. The summed E-state index contributed by atoms with van der Waals surface area (Å²) in [7, 11) is 3.35. The number of methoxy groups -OCH3 is 2. The lowest BCUT2D eigenvalue weighted by atomic mass is 9.72. The third-order valence-electron chi connectivity index (χ3n) is 15.7. The number of fused-ring (bicyclic) bond motifs is 10. The number of rotatable bonds is 12. The molecular formula is C54H56N4O6. The molecule has 6 aromatic rings. The number of pyridine rings is 2. The van der Waals surface area contributed by atoms with Crippen molar-refractivity contribution in [3.8, 4) is 23.0 Å². The summed E-state index contributed by atoms with van der Waals surface area (Å²) < 4.78 is 26.3. The molecule has 13 rings (SSSR count). The standard InChI is InChI=1S/C54H56N4O6/c1-5-31-29-57-23-19-33(31)25-45(57)53(39-17-21-55-43-13-11-35(61-3)27-41(39)43)63-47-15-16-48(50-49(47)51(59)37-9-7-8-10-38(37)52(50)60)64-54(46-26-34-20-24-58(46)30-32(34)6-2)40-18-22-56-44-14-12-36(62-4)28-42(40)44/h7-18,21-22,27-28,31-34,45-46,53-54H,5-6,19-20,23-26,29-30H2,1-4H3/t31?,32?,33?,34?,45?,46?,53-,54-/m1/s1. The molecule has 8 unspecified atom stereocenters. The van der Waals surface area contributed by atoms with Gasteiger partial charge in [-0.05, 0) is 123 Å². The molecule has 0 N–H and O–H groups in total. The van der Waals surface area contributed by atoms with Gasteiger partial charge in [-0.1, -0.05) is 51.0 Å². The van der Waals surface area contributed by atoms with E-state index < -0.39 is 12.2 Å². The van der Waals surface area contributed by atoms with Gasteiger partial charge in [0.05, 0.1) is 48.5 Å². The van der Waals surface area contributed by atoms with Gasteiger partial charge in [0.25, 0.3) is 0 Å². The Labute approximate surface area is 374 Å². The number of carbonyl (C=O) groups excluding carboxylic acids is 2. The van der Waals surface area contributed by atoms with Gasteiger partial charge in [0.2, 0.25) is 0 Å². The molecule has 1 aliphatic carbocycles. The summed E-state index contributed by atoms with van der Waals surface area (Å²) in [6, 6.07) is 27.0. The number of benzene rings is 4. The van der Waals surface area contributed by atoms with Crippen molar-refractivity contribution < 1.29 is 28.5 Å². The van der Waals surface area contributed by atoms with Gasteiger partial charge in [-0.2, -0.15) is 0 Å². The van der Waals surface area contributed by atoms with E-state index in [2.05, 4.69) is 23.6 Å². The Bertz CT molecular complexity index is 2600. The molecule has 4 aromatic carbocycles. The topological polar surface area (TPSA) is 103 Å². The minimum Gasteiger partial charge on any atom is -0.497 e. The number of carbonyl (C=O) groups is 2. The molecule has 64 heavy (non-hydrogen) atoms. The van der Waals surface area contributed by atoms with Crippen molar-refractivity contribution in [1.29, 1.82) is 0 Å². The molecular weight excluding hydrogens is 801 g/mol. The maximum absolute atomic E-state index is 15.1. The zero-order valence-electron chi connectivity index (χ0n) is 37.2. The Morgan fingerprint density at radius 3 is 1.45 bits per heavy atom. The first-order valence-corrected chi connectivity index (χ1v) is 23.4. The molecule has 2 aromatic heterocycles. The van der Waals surface area contributed by atoms with Crippen LogP contribution in [0.1, 0.15) is 108 Å². The van der Waals surface area contributed by atoms with Crippen LogP contribution in [0.25, 0.3) is 21.8 Å². The van der Waals surface area contributed by atoms with Crippen LogP contribution in [0.15, 0.2) is 97.3 Å². The maximum atomic E-state index is 15.1. The number of ketones is 2. The largest absolute Gasteiger partial charge is 0.497 e. The Kier molecular flexibility index (Phi) is 10.6. The zero-order chi connectivity index (χ0) is 43.6. The fraction of sp³-hybridized carbons (Fsp3) is 0.407. The van der Waals surface area contributed by atoms with Crippen molar-refractivity contribution in [2.45, 2.75) is 76.7 Å². The van der Waals surface area contributed by atoms with E-state index in [0.717, 1.165) is 109 Å². The van der Waals surface area contributed by atoms with Crippen molar-refractivity contribution in [2.24, 2.45) is 23.7 Å². The SMILES string of the molecule is CCC1CN2CCC1CC2[C@H](Oc1ccc(O[C@H](c2ccnc3ccc(OC)cc23)C2CC3CCN2CC3CC)c2c1C(=O)c1ccccc1C2=O)c1ccnc2ccc(OC)cc12. The van der Waals surface area contributed by atoms with Gasteiger partial charge in [0.15, 0.2) is 11.6 Å². The van der Waals surface area contributed by atoms with Crippen LogP contribution in [0, 0.1) is 23.7 Å². The summed E-state index contributed by atoms with van der Waals surface area (Å²) in [5.74, 6) is 4.15. The minimum absolute atomic E-state index is 0.0377. The van der Waals surface area contributed by atoms with E-state index >= 15 is 9.59 Å². The minimum atomic E-state index is -0.475. The third-order valence-corrected chi connectivity index (χ3v) is 15.7. The predicted octanol–water partition coefficient (Wildman–Crippen LogP) is 10.1. The Balaban J connectivity index is 1.07. The first-order valence-electron chi connectivity index (χ1n) is 23.4. The fourth-order valence-electron chi connectivity index (χ4n) is 12.3. The first kappa shape index (κ1) is 40.9. The summed E-state index contributed by atoms with van der Waals surface area (Å²) in [6.45, 7) is 8.58. The van der Waals surface area contributed by atoms with Gasteiger partial charge in [-0.15, -0.1) is 0 Å². The van der Waals surface area contributed by atoms with Gasteiger partial charge in [0.1, 0.15) is 35.2 Å². The Morgan fingerprint density at radius 1 is 0.609 bits per heavy atom. The van der Waals surface area contributed by atoms with Crippen LogP contribution in [-0.2, 0) is 0 Å². The van der Waals surface area contributed by atoms with Crippen LogP contribution in [0.2, 0.25) is 0 Å². The summed E-state index contributed by atoms with van der Waals surface area (Å²) in [6.07, 6.45) is 9.30. The number of hydrogen-bond donors (Lipinski definition) is 0. The van der Waals surface area contributed by atoms with E-state index in [0.29, 0.717) is 46.3 Å². The molecule has 10 nitrogen and oxygen atoms in total. The lowest BCUT2D eigenvalue weighted by molar-refractivity contribution is -0.0493. The van der Waals surface area contributed by atoms with E-state index in [-0.39, 0.29) is 34.8 Å². The van der Waals surface area contributed by atoms with Crippen molar-refractivity contribution in [3.05, 3.63) is 131 Å². The van der Waals surface area contributed by atoms with Crippen LogP contribution in [0.4, 0.5) is 0 Å². The molecule has 0 saturated carbocycles. The summed E-state index contributed by atoms with van der Waals surface area (Å²) in [4.78, 5) is 45.0. The summed E-state index contributed by atoms with van der Waals surface area (Å²) in [5.41, 5.74) is 4.87. The van der Waals surface area contributed by atoms with Crippen LogP contribution >= 0.6 is 0 Å². The molecule has 10 heteroatoms. The second kappa shape index (κ2) is 16.6. The molecule has 0 spiro atoms. The highest BCUT2D eigenvalue weighted by atomic mass is 16.5. The van der Waals surface area contributed by atoms with Crippen LogP contribution < -0.4 is 18.9 Å². The summed E-state index contributed by atoms with van der Waals surface area (Å²) in [5, 5.41) is 1.88. The third kappa shape index (κ3) is 6.83. The van der Waals surface area contributed by atoms with Crippen LogP contribution in [0.3, 0.4) is 0 Å². The monoisotopic (exact) mass is 856 g/mol. The van der Waals surface area contributed by atoms with Gasteiger partial charge in [-0.25, -0.2) is 0 Å². The van der Waals surface area contributed by atoms with Gasteiger partial charge in [-0.3, -0.25) is 29.4 Å². The van der Waals surface area contributed by atoms with Gasteiger partial charge < -0.3 is 18.9 Å². The molecule has 10 atom stereocenters. The lowest BCUT2D eigenvalue weighted by Crippen LogP contribution is -2.56. The Morgan fingerprint density at radius 2 is 1.06 bits per heavy atom. The predicted molar refractivity (Wildman–Crippen MR) is 247 cm³/mol. The zero-order valence-corrected chi connectivity index (χ0v) is 37.2. The van der Waals surface area contributed by atoms with E-state index in [1.54, 1.807) is 26.4 Å². The highest BCUT2D eigenvalue weighted by molar-refractivity contribution is 6.30. The van der Waals surface area contributed by atoms with Crippen molar-refractivity contribution >= 4 is 33.4 Å². The van der Waals surface area contributed by atoms with E-state index in [1.807, 2.05) is 85.2 Å². The van der Waals surface area contributed by atoms with Crippen molar-refractivity contribution in [2.75, 3.05) is 40.4 Å². The lowest BCUT2D eigenvalue weighted by Gasteiger charge is -2.52. The van der Waals surface area contributed by atoms with Crippen LogP contribution in [0.5, 0.6) is 23.0 Å². The average Bonchev–Trinajstić information content (AvgIpc) is 3.36. The molecule has 8 heterocycles. The molecule has 0 radical (unpaired) electrons. The normalized spacial score (nSPS) is 26.6. The van der Waals surface area contributed by atoms with E-state index in [1.165, 1.54) is 0 Å². The maximum Gasteiger partial charge on any atom is 0.198 e. The molecule has 6 saturated heterocycles. The molecule has 6 aliphatic heterocycles. The molecule has 6 fully saturated rings. The van der Waals surface area contributed by atoms with Crippen molar-refractivity contribution in [3.63, 3.8) is 0 Å². The van der Waals surface area contributed by atoms with E-state index in [9.17, 15) is 0 Å². The molecule has 7 aliphatic rings. The molecule has 0 amide bonds. The Hall–Kier alpha value is -5.84. The van der Waals surface area contributed by atoms with Gasteiger partial charge in [0, 0.05) is 58.5 Å². The second-order valence-corrected chi connectivity index (χ2v) is 18.7. The first-order chi connectivity index (χ1) is 31.3. The van der Waals surface area contributed by atoms with Crippen LogP contribution in [-0.4, -0.2) is 83.8 Å². The summed E-state index contributed by atoms with van der Waals surface area (Å²) >= 11 is 0. The molecule has 4 bridgehead atoms. The highest BCUT2D eigenvalue weighted by Gasteiger charge is 2.47. The van der Waals surface area contributed by atoms with Gasteiger partial charge >= 0.3 is 0 Å².